The zero-order valence-corrected chi connectivity index (χ0v) is 21.8. The van der Waals surface area contributed by atoms with Gasteiger partial charge in [-0.3, -0.25) is 0 Å². The van der Waals surface area contributed by atoms with Gasteiger partial charge in [0.2, 0.25) is 0 Å². The summed E-state index contributed by atoms with van der Waals surface area (Å²) in [6.45, 7) is 2.00. The Morgan fingerprint density at radius 3 is 1.91 bits per heavy atom. The van der Waals surface area contributed by atoms with Crippen LogP contribution in [-0.2, 0) is 9.84 Å². The molecule has 1 heterocycles. The molecule has 0 saturated carbocycles. The molecule has 5 nitrogen and oxygen atoms in total. The van der Waals surface area contributed by atoms with Gasteiger partial charge in [0.05, 0.1) is 27.4 Å². The number of benzene rings is 3. The zero-order valence-electron chi connectivity index (χ0n) is 19.5. The van der Waals surface area contributed by atoms with E-state index in [0.717, 1.165) is 39.6 Å². The van der Waals surface area contributed by atoms with Crippen molar-refractivity contribution in [1.82, 2.24) is 4.98 Å². The highest BCUT2D eigenvalue weighted by Gasteiger charge is 2.15. The van der Waals surface area contributed by atoms with Gasteiger partial charge >= 0.3 is 0 Å². The number of hydrogen-bond acceptors (Lipinski definition) is 5. The van der Waals surface area contributed by atoms with E-state index in [2.05, 4.69) is 22.3 Å². The first-order chi connectivity index (χ1) is 17.0. The maximum absolute atomic E-state index is 12.9. The molecule has 0 aliphatic carbocycles. The molecule has 4 aromatic rings. The minimum atomic E-state index is -3.35. The van der Waals surface area contributed by atoms with Crippen LogP contribution in [0.4, 0.5) is 11.4 Å². The lowest BCUT2D eigenvalue weighted by molar-refractivity contribution is 0.592. The molecule has 4 rings (SSSR count). The standard InChI is InChI=1S/C27H29Cl2N3O2S/c28-15-18-32(19-16-29)21-11-13-22(14-12-21)35(33,34)20-6-5-17-30-27-23-7-1-3-9-25(23)31-26-10-4-2-8-24(26)27/h1-4,7-14H,5-6,15-20H2,(H,30,31). The van der Waals surface area contributed by atoms with E-state index in [9.17, 15) is 8.42 Å². The number of anilines is 2. The number of rotatable bonds is 12. The second kappa shape index (κ2) is 11.9. The summed E-state index contributed by atoms with van der Waals surface area (Å²) in [5.41, 5.74) is 3.85. The number of unbranched alkanes of at least 4 members (excludes halogenated alkanes) is 1. The Hall–Kier alpha value is -2.54. The molecule has 8 heteroatoms. The van der Waals surface area contributed by atoms with Crippen molar-refractivity contribution in [3.05, 3.63) is 72.8 Å². The molecule has 0 radical (unpaired) electrons. The fraction of sp³-hybridized carbons (Fsp3) is 0.296. The molecule has 0 fully saturated rings. The normalized spacial score (nSPS) is 11.7. The van der Waals surface area contributed by atoms with E-state index >= 15 is 0 Å². The van der Waals surface area contributed by atoms with Gasteiger partial charge in [-0.2, -0.15) is 0 Å². The Labute approximate surface area is 217 Å². The molecule has 0 bridgehead atoms. The predicted octanol–water partition coefficient (Wildman–Crippen LogP) is 6.34. The van der Waals surface area contributed by atoms with Gasteiger partial charge in [-0.25, -0.2) is 13.4 Å². The Morgan fingerprint density at radius 1 is 0.771 bits per heavy atom. The third kappa shape index (κ3) is 6.18. The number of nitrogens with zero attached hydrogens (tertiary/aromatic N) is 2. The smallest absolute Gasteiger partial charge is 0.178 e. The monoisotopic (exact) mass is 529 g/mol. The molecular weight excluding hydrogens is 501 g/mol. The van der Waals surface area contributed by atoms with Gasteiger partial charge in [0.1, 0.15) is 0 Å². The molecular formula is C27H29Cl2N3O2S. The maximum Gasteiger partial charge on any atom is 0.178 e. The predicted molar refractivity (Wildman–Crippen MR) is 149 cm³/mol. The van der Waals surface area contributed by atoms with E-state index in [1.54, 1.807) is 12.1 Å². The topological polar surface area (TPSA) is 62.3 Å². The quantitative estimate of drug-likeness (QED) is 0.132. The van der Waals surface area contributed by atoms with Crippen molar-refractivity contribution >= 4 is 66.2 Å². The number of para-hydroxylation sites is 2. The summed E-state index contributed by atoms with van der Waals surface area (Å²) in [5, 5.41) is 5.67. The molecule has 1 aromatic heterocycles. The van der Waals surface area contributed by atoms with Crippen molar-refractivity contribution < 1.29 is 8.42 Å². The molecule has 35 heavy (non-hydrogen) atoms. The van der Waals surface area contributed by atoms with Gasteiger partial charge in [-0.15, -0.1) is 23.2 Å². The summed E-state index contributed by atoms with van der Waals surface area (Å²) in [4.78, 5) is 7.15. The highest BCUT2D eigenvalue weighted by Crippen LogP contribution is 2.30. The fourth-order valence-corrected chi connectivity index (χ4v) is 6.00. The Kier molecular flexibility index (Phi) is 8.71. The molecule has 0 aliphatic rings. The Morgan fingerprint density at radius 2 is 1.34 bits per heavy atom. The van der Waals surface area contributed by atoms with Crippen LogP contribution in [0.2, 0.25) is 0 Å². The largest absolute Gasteiger partial charge is 0.384 e. The second-order valence-electron chi connectivity index (χ2n) is 8.33. The molecule has 0 unspecified atom stereocenters. The summed E-state index contributed by atoms with van der Waals surface area (Å²) in [7, 11) is -3.35. The summed E-state index contributed by atoms with van der Waals surface area (Å²) in [5.74, 6) is 1.07. The fourth-order valence-electron chi connectivity index (χ4n) is 4.22. The third-order valence-corrected chi connectivity index (χ3v) is 8.15. The van der Waals surface area contributed by atoms with Crippen LogP contribution < -0.4 is 10.2 Å². The van der Waals surface area contributed by atoms with Gasteiger partial charge < -0.3 is 10.2 Å². The molecule has 184 valence electrons. The van der Waals surface area contributed by atoms with Gasteiger partial charge in [0.15, 0.2) is 9.84 Å². The zero-order chi connectivity index (χ0) is 24.7. The van der Waals surface area contributed by atoms with Crippen molar-refractivity contribution in [3.63, 3.8) is 0 Å². The van der Waals surface area contributed by atoms with Gasteiger partial charge in [-0.05, 0) is 49.2 Å². The number of nitrogens with one attached hydrogen (secondary N) is 1. The number of sulfone groups is 1. The summed E-state index contributed by atoms with van der Waals surface area (Å²) in [6.07, 6.45) is 1.31. The molecule has 0 spiro atoms. The number of alkyl halides is 2. The number of hydrogen-bond donors (Lipinski definition) is 1. The van der Waals surface area contributed by atoms with Crippen LogP contribution >= 0.6 is 23.2 Å². The average molecular weight is 531 g/mol. The number of pyridine rings is 1. The van der Waals surface area contributed by atoms with Crippen LogP contribution in [-0.4, -0.2) is 50.5 Å². The van der Waals surface area contributed by atoms with E-state index in [1.165, 1.54) is 0 Å². The molecule has 3 aromatic carbocycles. The average Bonchev–Trinajstić information content (AvgIpc) is 2.88. The van der Waals surface area contributed by atoms with Crippen LogP contribution in [0.1, 0.15) is 12.8 Å². The molecule has 1 N–H and O–H groups in total. The summed E-state index contributed by atoms with van der Waals surface area (Å²) < 4.78 is 25.7. The summed E-state index contributed by atoms with van der Waals surface area (Å²) >= 11 is 11.8. The minimum Gasteiger partial charge on any atom is -0.384 e. The minimum absolute atomic E-state index is 0.110. The first-order valence-electron chi connectivity index (χ1n) is 11.7. The maximum atomic E-state index is 12.9. The number of halogens is 2. The van der Waals surface area contributed by atoms with Crippen molar-refractivity contribution in [2.75, 3.05) is 47.4 Å². The van der Waals surface area contributed by atoms with Crippen molar-refractivity contribution in [3.8, 4) is 0 Å². The number of fused-ring (bicyclic) bond motifs is 2. The highest BCUT2D eigenvalue weighted by atomic mass is 35.5. The van der Waals surface area contributed by atoms with E-state index in [-0.39, 0.29) is 5.75 Å². The second-order valence-corrected chi connectivity index (χ2v) is 11.2. The van der Waals surface area contributed by atoms with Crippen LogP contribution in [0.15, 0.2) is 77.7 Å². The van der Waals surface area contributed by atoms with E-state index in [1.807, 2.05) is 48.5 Å². The van der Waals surface area contributed by atoms with Crippen LogP contribution in [0, 0.1) is 0 Å². The van der Waals surface area contributed by atoms with E-state index in [4.69, 9.17) is 28.2 Å². The van der Waals surface area contributed by atoms with Crippen LogP contribution in [0.3, 0.4) is 0 Å². The van der Waals surface area contributed by atoms with Gasteiger partial charge in [0.25, 0.3) is 0 Å². The first kappa shape index (κ1) is 25.5. The lowest BCUT2D eigenvalue weighted by Gasteiger charge is -2.23. The van der Waals surface area contributed by atoms with Crippen molar-refractivity contribution in [1.29, 1.82) is 0 Å². The highest BCUT2D eigenvalue weighted by molar-refractivity contribution is 7.91. The Balaban J connectivity index is 1.37. The Bertz CT molecular complexity index is 1320. The van der Waals surface area contributed by atoms with Gasteiger partial charge in [-0.1, -0.05) is 36.4 Å². The lowest BCUT2D eigenvalue weighted by atomic mass is 10.1. The SMILES string of the molecule is O=S(=O)(CCCCNc1c2ccccc2nc2ccccc12)c1ccc(N(CCCl)CCCl)cc1. The van der Waals surface area contributed by atoms with E-state index < -0.39 is 9.84 Å². The van der Waals surface area contributed by atoms with Crippen molar-refractivity contribution in [2.24, 2.45) is 0 Å². The number of aromatic nitrogens is 1. The lowest BCUT2D eigenvalue weighted by Crippen LogP contribution is -2.27. The van der Waals surface area contributed by atoms with Crippen LogP contribution in [0.25, 0.3) is 21.8 Å². The molecule has 0 saturated heterocycles. The third-order valence-electron chi connectivity index (χ3n) is 6.00. The molecule has 0 atom stereocenters. The van der Waals surface area contributed by atoms with E-state index in [0.29, 0.717) is 42.7 Å². The first-order valence-corrected chi connectivity index (χ1v) is 14.5. The summed E-state index contributed by atoms with van der Waals surface area (Å²) in [6, 6.07) is 23.1. The molecule has 0 amide bonds. The van der Waals surface area contributed by atoms with Crippen LogP contribution in [0.5, 0.6) is 0 Å². The molecule has 0 aliphatic heterocycles. The van der Waals surface area contributed by atoms with Crippen molar-refractivity contribution in [2.45, 2.75) is 17.7 Å². The van der Waals surface area contributed by atoms with Gasteiger partial charge in [0, 0.05) is 47.9 Å².